The van der Waals surface area contributed by atoms with Gasteiger partial charge in [0.25, 0.3) is 0 Å². The first-order valence-electron chi connectivity index (χ1n) is 6.19. The van der Waals surface area contributed by atoms with Crippen LogP contribution in [0, 0.1) is 0 Å². The van der Waals surface area contributed by atoms with E-state index >= 15 is 0 Å². The van der Waals surface area contributed by atoms with E-state index in [1.807, 2.05) is 6.20 Å². The monoisotopic (exact) mass is 230 g/mol. The van der Waals surface area contributed by atoms with Crippen LogP contribution in [0.1, 0.15) is 12.5 Å². The minimum Gasteiger partial charge on any atom is -0.312 e. The van der Waals surface area contributed by atoms with Gasteiger partial charge in [-0.1, -0.05) is 12.1 Å². The topological polar surface area (TPSA) is 44.0 Å². The van der Waals surface area contributed by atoms with Gasteiger partial charge in [0, 0.05) is 37.6 Å². The first kappa shape index (κ1) is 10.7. The van der Waals surface area contributed by atoms with Crippen molar-refractivity contribution in [3.8, 4) is 0 Å². The molecule has 3 rings (SSSR count). The fraction of sp³-hybridized carbons (Fsp3) is 0.462. The number of H-pyrrole nitrogens is 1. The van der Waals surface area contributed by atoms with Crippen LogP contribution >= 0.6 is 0 Å². The zero-order valence-corrected chi connectivity index (χ0v) is 10.1. The van der Waals surface area contributed by atoms with E-state index in [4.69, 9.17) is 0 Å². The van der Waals surface area contributed by atoms with Gasteiger partial charge in [-0.3, -0.25) is 10.00 Å². The van der Waals surface area contributed by atoms with E-state index in [0.29, 0.717) is 6.04 Å². The molecule has 2 N–H and O–H groups in total. The third-order valence-electron chi connectivity index (χ3n) is 3.37. The molecule has 17 heavy (non-hydrogen) atoms. The van der Waals surface area contributed by atoms with Crippen LogP contribution in [0.4, 0.5) is 0 Å². The van der Waals surface area contributed by atoms with Crippen molar-refractivity contribution in [2.75, 3.05) is 19.6 Å². The Labute approximate surface area is 101 Å². The quantitative estimate of drug-likeness (QED) is 0.818. The average molecular weight is 230 g/mol. The summed E-state index contributed by atoms with van der Waals surface area (Å²) in [5.74, 6) is 0. The fourth-order valence-corrected chi connectivity index (χ4v) is 2.50. The predicted octanol–water partition coefficient (Wildman–Crippen LogP) is 1.36. The summed E-state index contributed by atoms with van der Waals surface area (Å²) in [6.07, 6.45) is 1.87. The van der Waals surface area contributed by atoms with E-state index in [-0.39, 0.29) is 0 Å². The number of rotatable bonds is 2. The maximum Gasteiger partial charge on any atom is 0.0653 e. The normalized spacial score (nSPS) is 22.1. The molecule has 90 valence electrons. The molecule has 0 unspecified atom stereocenters. The largest absolute Gasteiger partial charge is 0.312 e. The molecule has 1 aromatic carbocycles. The van der Waals surface area contributed by atoms with Crippen molar-refractivity contribution < 1.29 is 0 Å². The second kappa shape index (κ2) is 4.47. The summed E-state index contributed by atoms with van der Waals surface area (Å²) in [6.45, 7) is 6.62. The van der Waals surface area contributed by atoms with E-state index in [0.717, 1.165) is 31.7 Å². The Balaban J connectivity index is 1.75. The van der Waals surface area contributed by atoms with E-state index in [2.05, 4.69) is 45.5 Å². The predicted molar refractivity (Wildman–Crippen MR) is 68.8 cm³/mol. The molecule has 0 amide bonds. The van der Waals surface area contributed by atoms with Crippen LogP contribution < -0.4 is 5.32 Å². The van der Waals surface area contributed by atoms with Crippen LogP contribution in [0.5, 0.6) is 0 Å². The molecule has 4 nitrogen and oxygen atoms in total. The average Bonchev–Trinajstić information content (AvgIpc) is 2.76. The number of hydrogen-bond acceptors (Lipinski definition) is 3. The molecular weight excluding hydrogens is 212 g/mol. The number of hydrogen-bond donors (Lipinski definition) is 2. The molecule has 1 aliphatic rings. The molecule has 1 aliphatic heterocycles. The van der Waals surface area contributed by atoms with Gasteiger partial charge in [-0.15, -0.1) is 0 Å². The van der Waals surface area contributed by atoms with Crippen LogP contribution in [-0.2, 0) is 6.54 Å². The van der Waals surface area contributed by atoms with Crippen LogP contribution in [0.25, 0.3) is 10.9 Å². The fourth-order valence-electron chi connectivity index (χ4n) is 2.50. The molecule has 0 aliphatic carbocycles. The van der Waals surface area contributed by atoms with Crippen molar-refractivity contribution in [3.63, 3.8) is 0 Å². The Morgan fingerprint density at radius 3 is 3.29 bits per heavy atom. The zero-order valence-electron chi connectivity index (χ0n) is 10.1. The Bertz CT molecular complexity index is 505. The van der Waals surface area contributed by atoms with Crippen molar-refractivity contribution in [1.82, 2.24) is 20.4 Å². The molecule has 0 bridgehead atoms. The molecule has 0 spiro atoms. The highest BCUT2D eigenvalue weighted by atomic mass is 15.2. The van der Waals surface area contributed by atoms with Crippen LogP contribution in [0.3, 0.4) is 0 Å². The van der Waals surface area contributed by atoms with Gasteiger partial charge in [0.05, 0.1) is 11.7 Å². The van der Waals surface area contributed by atoms with E-state index in [9.17, 15) is 0 Å². The lowest BCUT2D eigenvalue weighted by Gasteiger charge is -2.31. The number of nitrogens with zero attached hydrogens (tertiary/aromatic N) is 2. The van der Waals surface area contributed by atoms with Gasteiger partial charge in [0.2, 0.25) is 0 Å². The number of benzene rings is 1. The van der Waals surface area contributed by atoms with Gasteiger partial charge in [-0.2, -0.15) is 5.10 Å². The number of nitrogens with one attached hydrogen (secondary N) is 2. The molecule has 1 aromatic heterocycles. The van der Waals surface area contributed by atoms with E-state index in [1.165, 1.54) is 10.9 Å². The summed E-state index contributed by atoms with van der Waals surface area (Å²) in [5, 5.41) is 11.7. The number of aromatic amines is 1. The Kier molecular flexibility index (Phi) is 2.82. The molecular formula is C13H18N4. The minimum absolute atomic E-state index is 0.597. The SMILES string of the molecule is C[C@@H]1CN(Cc2ccc3cn[nH]c3c2)CCN1. The Hall–Kier alpha value is -1.39. The molecule has 0 radical (unpaired) electrons. The summed E-state index contributed by atoms with van der Waals surface area (Å²) in [6, 6.07) is 7.14. The highest BCUT2D eigenvalue weighted by molar-refractivity contribution is 5.78. The Morgan fingerprint density at radius 1 is 1.47 bits per heavy atom. The standard InChI is InChI=1S/C13H18N4/c1-10-8-17(5-4-14-10)9-11-2-3-12-7-15-16-13(12)6-11/h2-3,6-7,10,14H,4-5,8-9H2,1H3,(H,15,16)/t10-/m1/s1. The lowest BCUT2D eigenvalue weighted by molar-refractivity contribution is 0.200. The second-order valence-corrected chi connectivity index (χ2v) is 4.88. The lowest BCUT2D eigenvalue weighted by atomic mass is 10.1. The third kappa shape index (κ3) is 2.33. The first-order chi connectivity index (χ1) is 8.31. The summed E-state index contributed by atoms with van der Waals surface area (Å²) >= 11 is 0. The molecule has 1 saturated heterocycles. The maximum absolute atomic E-state index is 4.05. The zero-order chi connectivity index (χ0) is 11.7. The summed E-state index contributed by atoms with van der Waals surface area (Å²) in [7, 11) is 0. The van der Waals surface area contributed by atoms with Crippen molar-refractivity contribution in [3.05, 3.63) is 30.0 Å². The van der Waals surface area contributed by atoms with Crippen LogP contribution in [-0.4, -0.2) is 40.8 Å². The van der Waals surface area contributed by atoms with Crippen LogP contribution in [0.2, 0.25) is 0 Å². The summed E-state index contributed by atoms with van der Waals surface area (Å²) in [4.78, 5) is 2.50. The summed E-state index contributed by atoms with van der Waals surface area (Å²) < 4.78 is 0. The highest BCUT2D eigenvalue weighted by Crippen LogP contribution is 2.15. The van der Waals surface area contributed by atoms with E-state index in [1.54, 1.807) is 0 Å². The number of aromatic nitrogens is 2. The number of fused-ring (bicyclic) bond motifs is 1. The van der Waals surface area contributed by atoms with Gasteiger partial charge in [-0.05, 0) is 18.6 Å². The van der Waals surface area contributed by atoms with Crippen molar-refractivity contribution >= 4 is 10.9 Å². The lowest BCUT2D eigenvalue weighted by Crippen LogP contribution is -2.48. The number of piperazine rings is 1. The minimum atomic E-state index is 0.597. The molecule has 2 aromatic rings. The second-order valence-electron chi connectivity index (χ2n) is 4.88. The van der Waals surface area contributed by atoms with Gasteiger partial charge in [0.15, 0.2) is 0 Å². The maximum atomic E-state index is 4.05. The van der Waals surface area contributed by atoms with Gasteiger partial charge in [-0.25, -0.2) is 0 Å². The molecule has 4 heteroatoms. The van der Waals surface area contributed by atoms with E-state index < -0.39 is 0 Å². The van der Waals surface area contributed by atoms with Crippen molar-refractivity contribution in [2.45, 2.75) is 19.5 Å². The third-order valence-corrected chi connectivity index (χ3v) is 3.37. The summed E-state index contributed by atoms with van der Waals surface area (Å²) in [5.41, 5.74) is 2.49. The molecule has 2 heterocycles. The van der Waals surface area contributed by atoms with Crippen LogP contribution in [0.15, 0.2) is 24.4 Å². The van der Waals surface area contributed by atoms with Crippen molar-refractivity contribution in [1.29, 1.82) is 0 Å². The Morgan fingerprint density at radius 2 is 2.41 bits per heavy atom. The molecule has 1 fully saturated rings. The van der Waals surface area contributed by atoms with Gasteiger partial charge in [0.1, 0.15) is 0 Å². The van der Waals surface area contributed by atoms with Crippen molar-refractivity contribution in [2.24, 2.45) is 0 Å². The van der Waals surface area contributed by atoms with Gasteiger partial charge >= 0.3 is 0 Å². The molecule has 0 saturated carbocycles. The smallest absolute Gasteiger partial charge is 0.0653 e. The highest BCUT2D eigenvalue weighted by Gasteiger charge is 2.15. The first-order valence-corrected chi connectivity index (χ1v) is 6.19. The van der Waals surface area contributed by atoms with Gasteiger partial charge < -0.3 is 5.32 Å². The molecule has 1 atom stereocenters.